The number of aromatic hydroxyl groups is 1. The maximum Gasteiger partial charge on any atom is 0.120 e. The Kier molecular flexibility index (Phi) is 5.30. The Morgan fingerprint density at radius 1 is 1.30 bits per heavy atom. The predicted molar refractivity (Wildman–Crippen MR) is 82.1 cm³/mol. The number of hydrogen-bond donors (Lipinski definition) is 2. The van der Waals surface area contributed by atoms with Gasteiger partial charge in [-0.25, -0.2) is 0 Å². The summed E-state index contributed by atoms with van der Waals surface area (Å²) in [5, 5.41) is 13.6. The Balaban J connectivity index is 2.00. The fourth-order valence-corrected chi connectivity index (χ4v) is 3.28. The third-order valence-electron chi connectivity index (χ3n) is 4.52. The lowest BCUT2D eigenvalue weighted by atomic mass is 9.78. The molecule has 1 aliphatic carbocycles. The summed E-state index contributed by atoms with van der Waals surface area (Å²) >= 11 is 0. The molecule has 2 N–H and O–H groups in total. The molecule has 112 valence electrons. The zero-order chi connectivity index (χ0) is 14.5. The highest BCUT2D eigenvalue weighted by atomic mass is 16.5. The smallest absolute Gasteiger partial charge is 0.120 e. The third-order valence-corrected chi connectivity index (χ3v) is 4.52. The zero-order valence-electron chi connectivity index (χ0n) is 12.9. The second-order valence-electron chi connectivity index (χ2n) is 6.17. The molecule has 1 saturated carbocycles. The number of phenolic OH excluding ortho intramolecular Hbond substituents is 1. The molecular formula is C17H27NO2. The third kappa shape index (κ3) is 3.66. The fourth-order valence-electron chi connectivity index (χ4n) is 3.28. The van der Waals surface area contributed by atoms with E-state index >= 15 is 0 Å². The molecule has 1 aliphatic rings. The van der Waals surface area contributed by atoms with Crippen molar-refractivity contribution in [1.29, 1.82) is 0 Å². The molecular weight excluding hydrogens is 250 g/mol. The Labute approximate surface area is 122 Å². The molecule has 0 heterocycles. The molecule has 0 spiro atoms. The van der Waals surface area contributed by atoms with Gasteiger partial charge in [-0.2, -0.15) is 0 Å². The van der Waals surface area contributed by atoms with Crippen molar-refractivity contribution in [3.63, 3.8) is 0 Å². The molecule has 0 bridgehead atoms. The van der Waals surface area contributed by atoms with Crippen molar-refractivity contribution < 1.29 is 9.84 Å². The molecule has 0 aromatic heterocycles. The lowest BCUT2D eigenvalue weighted by molar-refractivity contribution is 0.204. The van der Waals surface area contributed by atoms with Crippen molar-refractivity contribution in [3.8, 4) is 11.5 Å². The molecule has 1 aromatic carbocycles. The highest BCUT2D eigenvalue weighted by Crippen LogP contribution is 2.31. The topological polar surface area (TPSA) is 41.5 Å². The zero-order valence-corrected chi connectivity index (χ0v) is 12.9. The van der Waals surface area contributed by atoms with Crippen molar-refractivity contribution >= 4 is 0 Å². The second-order valence-corrected chi connectivity index (χ2v) is 6.17. The van der Waals surface area contributed by atoms with E-state index in [0.717, 1.165) is 17.2 Å². The summed E-state index contributed by atoms with van der Waals surface area (Å²) in [6.07, 6.45) is 5.23. The van der Waals surface area contributed by atoms with Gasteiger partial charge in [0.2, 0.25) is 0 Å². The lowest BCUT2D eigenvalue weighted by Crippen LogP contribution is -2.40. The van der Waals surface area contributed by atoms with Gasteiger partial charge in [0.1, 0.15) is 11.5 Å². The number of methoxy groups -OCH3 is 1. The largest absolute Gasteiger partial charge is 0.508 e. The van der Waals surface area contributed by atoms with Crippen LogP contribution in [0.25, 0.3) is 0 Å². The molecule has 3 heteroatoms. The minimum atomic E-state index is 0.343. The van der Waals surface area contributed by atoms with Crippen molar-refractivity contribution in [1.82, 2.24) is 5.32 Å². The van der Waals surface area contributed by atoms with Gasteiger partial charge in [-0.05, 0) is 42.9 Å². The molecule has 0 amide bonds. The van der Waals surface area contributed by atoms with Crippen molar-refractivity contribution in [2.75, 3.05) is 7.11 Å². The molecule has 2 rings (SSSR count). The Hall–Kier alpha value is -1.22. The van der Waals surface area contributed by atoms with E-state index in [-0.39, 0.29) is 0 Å². The summed E-state index contributed by atoms with van der Waals surface area (Å²) < 4.78 is 5.22. The van der Waals surface area contributed by atoms with Gasteiger partial charge in [0.25, 0.3) is 0 Å². The fraction of sp³-hybridized carbons (Fsp3) is 0.647. The first kappa shape index (κ1) is 15.2. The molecule has 0 radical (unpaired) electrons. The van der Waals surface area contributed by atoms with Crippen molar-refractivity contribution in [2.45, 2.75) is 52.1 Å². The minimum absolute atomic E-state index is 0.343. The monoisotopic (exact) mass is 277 g/mol. The molecule has 0 aliphatic heterocycles. The van der Waals surface area contributed by atoms with Crippen LogP contribution in [0.15, 0.2) is 18.2 Å². The van der Waals surface area contributed by atoms with E-state index in [4.69, 9.17) is 4.74 Å². The molecule has 20 heavy (non-hydrogen) atoms. The number of benzene rings is 1. The number of rotatable bonds is 5. The summed E-state index contributed by atoms with van der Waals surface area (Å²) in [6.45, 7) is 5.33. The first-order chi connectivity index (χ1) is 9.61. The van der Waals surface area contributed by atoms with Gasteiger partial charge in [0.05, 0.1) is 7.11 Å². The van der Waals surface area contributed by atoms with E-state index in [9.17, 15) is 5.11 Å². The average molecular weight is 277 g/mol. The maximum atomic E-state index is 9.94. The summed E-state index contributed by atoms with van der Waals surface area (Å²) in [4.78, 5) is 0. The summed E-state index contributed by atoms with van der Waals surface area (Å²) in [6, 6.07) is 5.97. The van der Waals surface area contributed by atoms with Crippen molar-refractivity contribution in [2.24, 2.45) is 11.8 Å². The van der Waals surface area contributed by atoms with Crippen LogP contribution in [0.5, 0.6) is 11.5 Å². The highest BCUT2D eigenvalue weighted by Gasteiger charge is 2.27. The van der Waals surface area contributed by atoms with Crippen LogP contribution in [-0.2, 0) is 6.54 Å². The van der Waals surface area contributed by atoms with E-state index in [2.05, 4.69) is 19.2 Å². The van der Waals surface area contributed by atoms with E-state index in [1.807, 2.05) is 6.07 Å². The van der Waals surface area contributed by atoms with E-state index in [0.29, 0.717) is 24.3 Å². The first-order valence-electron chi connectivity index (χ1n) is 7.71. The predicted octanol–water partition coefficient (Wildman–Crippen LogP) is 3.71. The minimum Gasteiger partial charge on any atom is -0.508 e. The molecule has 2 atom stereocenters. The maximum absolute atomic E-state index is 9.94. The molecule has 3 nitrogen and oxygen atoms in total. The van der Waals surface area contributed by atoms with Crippen LogP contribution in [0.3, 0.4) is 0 Å². The number of phenols is 1. The molecule has 2 unspecified atom stereocenters. The van der Waals surface area contributed by atoms with Crippen LogP contribution in [0.1, 0.15) is 45.1 Å². The van der Waals surface area contributed by atoms with Crippen molar-refractivity contribution in [3.05, 3.63) is 23.8 Å². The van der Waals surface area contributed by atoms with Crippen LogP contribution in [-0.4, -0.2) is 18.3 Å². The molecule has 1 fully saturated rings. The van der Waals surface area contributed by atoms with Crippen LogP contribution in [0.2, 0.25) is 0 Å². The summed E-state index contributed by atoms with van der Waals surface area (Å²) in [5.41, 5.74) is 0.914. The summed E-state index contributed by atoms with van der Waals surface area (Å²) in [5.74, 6) is 2.60. The first-order valence-corrected chi connectivity index (χ1v) is 7.71. The number of nitrogens with one attached hydrogen (secondary N) is 1. The molecule has 1 aromatic rings. The van der Waals surface area contributed by atoms with Crippen LogP contribution in [0, 0.1) is 11.8 Å². The van der Waals surface area contributed by atoms with E-state index < -0.39 is 0 Å². The Morgan fingerprint density at radius 3 is 2.75 bits per heavy atom. The summed E-state index contributed by atoms with van der Waals surface area (Å²) in [7, 11) is 1.65. The van der Waals surface area contributed by atoms with E-state index in [1.54, 1.807) is 19.2 Å². The number of hydrogen-bond acceptors (Lipinski definition) is 3. The quantitative estimate of drug-likeness (QED) is 0.862. The van der Waals surface area contributed by atoms with Gasteiger partial charge < -0.3 is 15.2 Å². The van der Waals surface area contributed by atoms with Gasteiger partial charge in [-0.15, -0.1) is 0 Å². The van der Waals surface area contributed by atoms with Crippen LogP contribution in [0.4, 0.5) is 0 Å². The van der Waals surface area contributed by atoms with E-state index in [1.165, 1.54) is 25.7 Å². The number of ether oxygens (including phenoxy) is 1. The van der Waals surface area contributed by atoms with Gasteiger partial charge in [-0.3, -0.25) is 0 Å². The van der Waals surface area contributed by atoms with Crippen LogP contribution < -0.4 is 10.1 Å². The van der Waals surface area contributed by atoms with Gasteiger partial charge in [-0.1, -0.05) is 26.7 Å². The Bertz CT molecular complexity index is 431. The highest BCUT2D eigenvalue weighted by molar-refractivity contribution is 5.39. The molecule has 0 saturated heterocycles. The normalized spacial score (nSPS) is 23.0. The lowest BCUT2D eigenvalue weighted by Gasteiger charge is -2.35. The van der Waals surface area contributed by atoms with Crippen LogP contribution >= 0.6 is 0 Å². The van der Waals surface area contributed by atoms with Gasteiger partial charge >= 0.3 is 0 Å². The average Bonchev–Trinajstić information content (AvgIpc) is 2.46. The second kappa shape index (κ2) is 6.98. The van der Waals surface area contributed by atoms with Gasteiger partial charge in [0, 0.05) is 18.2 Å². The Morgan fingerprint density at radius 2 is 2.05 bits per heavy atom. The standard InChI is InChI=1S/C17H27NO2/c1-12(2)15-6-4-5-7-16(15)18-11-13-10-14(20-3)8-9-17(13)19/h8-10,12,15-16,18-19H,4-7,11H2,1-3H3. The van der Waals surface area contributed by atoms with Gasteiger partial charge in [0.15, 0.2) is 0 Å². The SMILES string of the molecule is COc1ccc(O)c(CNC2CCCCC2C(C)C)c1.